The van der Waals surface area contributed by atoms with E-state index in [9.17, 15) is 0 Å². The molecule has 0 N–H and O–H groups in total. The van der Waals surface area contributed by atoms with Crippen LogP contribution in [0.1, 0.15) is 19.3 Å². The second kappa shape index (κ2) is 7.35. The van der Waals surface area contributed by atoms with Crippen molar-refractivity contribution in [2.45, 2.75) is 19.3 Å². The van der Waals surface area contributed by atoms with Crippen molar-refractivity contribution in [1.29, 1.82) is 0 Å². The summed E-state index contributed by atoms with van der Waals surface area (Å²) in [5.74, 6) is 0. The molecule has 68 valence electrons. The van der Waals surface area contributed by atoms with E-state index in [0.29, 0.717) is 0 Å². The van der Waals surface area contributed by atoms with E-state index in [2.05, 4.69) is 60.8 Å². The maximum absolute atomic E-state index is 2.20. The average Bonchev–Trinajstić information content (AvgIpc) is 2.18. The molecule has 0 heterocycles. The highest BCUT2D eigenvalue weighted by atomic mass is 13.8. The Kier molecular flexibility index (Phi) is 5.54. The van der Waals surface area contributed by atoms with E-state index < -0.39 is 0 Å². The third-order valence-corrected chi connectivity index (χ3v) is 1.76. The lowest BCUT2D eigenvalue weighted by atomic mass is 10.3. The standard InChI is InChI=1S/C13H16/c1-2-4-6-8-10-12-13-11-9-7-5-3-1/h1-6,9-12H,7-8,13H2/b2-1-,5-3+,6-4+,11-9+,12-10?. The number of allylic oxidation sites excluding steroid dienone is 10. The molecule has 0 aromatic carbocycles. The average molecular weight is 172 g/mol. The van der Waals surface area contributed by atoms with Gasteiger partial charge in [0.2, 0.25) is 0 Å². The van der Waals surface area contributed by atoms with Crippen molar-refractivity contribution in [3.63, 3.8) is 0 Å². The van der Waals surface area contributed by atoms with Gasteiger partial charge in [0.1, 0.15) is 0 Å². The van der Waals surface area contributed by atoms with Gasteiger partial charge in [0.25, 0.3) is 0 Å². The van der Waals surface area contributed by atoms with Crippen LogP contribution in [0.2, 0.25) is 0 Å². The molecule has 0 spiro atoms. The van der Waals surface area contributed by atoms with Gasteiger partial charge >= 0.3 is 0 Å². The first-order valence-corrected chi connectivity index (χ1v) is 4.78. The third kappa shape index (κ3) is 5.92. The Morgan fingerprint density at radius 2 is 0.769 bits per heavy atom. The summed E-state index contributed by atoms with van der Waals surface area (Å²) in [6.45, 7) is 0. The van der Waals surface area contributed by atoms with Gasteiger partial charge in [-0.1, -0.05) is 60.8 Å². The Labute approximate surface area is 80.7 Å². The molecule has 0 radical (unpaired) electrons. The summed E-state index contributed by atoms with van der Waals surface area (Å²) in [6.07, 6.45) is 24.5. The molecular weight excluding hydrogens is 156 g/mol. The summed E-state index contributed by atoms with van der Waals surface area (Å²) in [7, 11) is 0. The summed E-state index contributed by atoms with van der Waals surface area (Å²) in [6, 6.07) is 0. The molecular formula is C13H16. The molecule has 0 heteroatoms. The lowest BCUT2D eigenvalue weighted by Gasteiger charge is -1.82. The number of hydrogen-bond donors (Lipinski definition) is 0. The Hall–Kier alpha value is -1.30. The van der Waals surface area contributed by atoms with E-state index in [1.165, 1.54) is 0 Å². The Morgan fingerprint density at radius 1 is 0.385 bits per heavy atom. The number of hydrogen-bond acceptors (Lipinski definition) is 0. The first-order chi connectivity index (χ1) is 6.50. The molecule has 0 aromatic heterocycles. The molecule has 0 aromatic rings. The van der Waals surface area contributed by atoms with Gasteiger partial charge in [-0.15, -0.1) is 0 Å². The normalized spacial score (nSPS) is 27.7. The van der Waals surface area contributed by atoms with Crippen molar-refractivity contribution < 1.29 is 0 Å². The third-order valence-electron chi connectivity index (χ3n) is 1.76. The minimum atomic E-state index is 1.03. The molecule has 1 rings (SSSR count). The predicted molar refractivity (Wildman–Crippen MR) is 59.6 cm³/mol. The van der Waals surface area contributed by atoms with E-state index in [1.807, 2.05) is 0 Å². The van der Waals surface area contributed by atoms with Crippen LogP contribution >= 0.6 is 0 Å². The largest absolute Gasteiger partial charge is 0.0844 e. The van der Waals surface area contributed by atoms with E-state index in [-0.39, 0.29) is 0 Å². The van der Waals surface area contributed by atoms with Crippen LogP contribution in [0.3, 0.4) is 0 Å². The zero-order chi connectivity index (χ0) is 9.19. The Balaban J connectivity index is 2.49. The lowest BCUT2D eigenvalue weighted by molar-refractivity contribution is 1.28. The molecule has 0 bridgehead atoms. The highest BCUT2D eigenvalue weighted by molar-refractivity contribution is 5.13. The van der Waals surface area contributed by atoms with Crippen LogP contribution < -0.4 is 0 Å². The van der Waals surface area contributed by atoms with Gasteiger partial charge in [-0.05, 0) is 19.3 Å². The molecule has 0 saturated heterocycles. The van der Waals surface area contributed by atoms with Crippen molar-refractivity contribution in [2.24, 2.45) is 0 Å². The summed E-state index contributed by atoms with van der Waals surface area (Å²) in [5, 5.41) is 0. The SMILES string of the molecule is C1=CC/C=C/C/C=C/C=C\C=C\C1. The van der Waals surface area contributed by atoms with Crippen LogP contribution in [0.5, 0.6) is 0 Å². The molecule has 1 aliphatic rings. The summed E-state index contributed by atoms with van der Waals surface area (Å²) in [4.78, 5) is 0. The molecule has 13 heavy (non-hydrogen) atoms. The van der Waals surface area contributed by atoms with Crippen LogP contribution in [0.25, 0.3) is 0 Å². The fourth-order valence-electron chi connectivity index (χ4n) is 1.06. The number of rotatable bonds is 0. The molecule has 1 aliphatic carbocycles. The molecule has 0 saturated carbocycles. The van der Waals surface area contributed by atoms with Gasteiger partial charge < -0.3 is 0 Å². The monoisotopic (exact) mass is 172 g/mol. The molecule has 0 fully saturated rings. The second-order valence-corrected chi connectivity index (χ2v) is 2.89. The summed E-state index contributed by atoms with van der Waals surface area (Å²) in [5.41, 5.74) is 0. The topological polar surface area (TPSA) is 0 Å². The maximum Gasteiger partial charge on any atom is -0.0166 e. The van der Waals surface area contributed by atoms with Crippen LogP contribution in [-0.2, 0) is 0 Å². The second-order valence-electron chi connectivity index (χ2n) is 2.89. The van der Waals surface area contributed by atoms with Crippen molar-refractivity contribution in [2.75, 3.05) is 0 Å². The van der Waals surface area contributed by atoms with Crippen LogP contribution in [-0.4, -0.2) is 0 Å². The Bertz CT molecular complexity index is 223. The molecule has 0 amide bonds. The minimum absolute atomic E-state index is 1.03. The maximum atomic E-state index is 2.20. The quantitative estimate of drug-likeness (QED) is 0.485. The zero-order valence-corrected chi connectivity index (χ0v) is 7.89. The van der Waals surface area contributed by atoms with Crippen molar-refractivity contribution in [3.05, 3.63) is 60.8 Å². The summed E-state index contributed by atoms with van der Waals surface area (Å²) >= 11 is 0. The first-order valence-electron chi connectivity index (χ1n) is 4.78. The van der Waals surface area contributed by atoms with E-state index >= 15 is 0 Å². The van der Waals surface area contributed by atoms with Gasteiger partial charge in [0.15, 0.2) is 0 Å². The highest BCUT2D eigenvalue weighted by Gasteiger charge is 1.74. The lowest BCUT2D eigenvalue weighted by Crippen LogP contribution is -1.61. The van der Waals surface area contributed by atoms with Crippen molar-refractivity contribution in [3.8, 4) is 0 Å². The van der Waals surface area contributed by atoms with E-state index in [4.69, 9.17) is 0 Å². The van der Waals surface area contributed by atoms with Crippen LogP contribution in [0, 0.1) is 0 Å². The highest BCUT2D eigenvalue weighted by Crippen LogP contribution is 1.95. The smallest absolute Gasteiger partial charge is 0.0166 e. The van der Waals surface area contributed by atoms with Crippen molar-refractivity contribution in [1.82, 2.24) is 0 Å². The van der Waals surface area contributed by atoms with Gasteiger partial charge in [-0.25, -0.2) is 0 Å². The first kappa shape index (κ1) is 9.79. The molecule has 0 aliphatic heterocycles. The Morgan fingerprint density at radius 3 is 1.23 bits per heavy atom. The van der Waals surface area contributed by atoms with Gasteiger partial charge in [0.05, 0.1) is 0 Å². The van der Waals surface area contributed by atoms with Gasteiger partial charge in [0, 0.05) is 0 Å². The predicted octanol–water partition coefficient (Wildman–Crippen LogP) is 3.95. The van der Waals surface area contributed by atoms with E-state index in [0.717, 1.165) is 19.3 Å². The molecule has 0 unspecified atom stereocenters. The van der Waals surface area contributed by atoms with Gasteiger partial charge in [-0.3, -0.25) is 0 Å². The molecule has 0 atom stereocenters. The minimum Gasteiger partial charge on any atom is -0.0844 e. The zero-order valence-electron chi connectivity index (χ0n) is 7.89. The summed E-state index contributed by atoms with van der Waals surface area (Å²) < 4.78 is 0. The van der Waals surface area contributed by atoms with E-state index in [1.54, 1.807) is 0 Å². The van der Waals surface area contributed by atoms with Crippen molar-refractivity contribution >= 4 is 0 Å². The van der Waals surface area contributed by atoms with Crippen LogP contribution in [0.4, 0.5) is 0 Å². The van der Waals surface area contributed by atoms with Crippen LogP contribution in [0.15, 0.2) is 60.8 Å². The molecule has 0 nitrogen and oxygen atoms in total. The van der Waals surface area contributed by atoms with Gasteiger partial charge in [-0.2, -0.15) is 0 Å². The fourth-order valence-corrected chi connectivity index (χ4v) is 1.06. The fraction of sp³-hybridized carbons (Fsp3) is 0.231.